The van der Waals surface area contributed by atoms with E-state index in [9.17, 15) is 4.79 Å². The lowest BCUT2D eigenvalue weighted by Crippen LogP contribution is -2.17. The topological polar surface area (TPSA) is 110 Å². The number of aromatic nitrogens is 4. The summed E-state index contributed by atoms with van der Waals surface area (Å²) >= 11 is 0. The van der Waals surface area contributed by atoms with Gasteiger partial charge in [-0.2, -0.15) is 15.0 Å². The lowest BCUT2D eigenvalue weighted by atomic mass is 10.3. The average Bonchev–Trinajstić information content (AvgIpc) is 2.89. The van der Waals surface area contributed by atoms with E-state index in [1.54, 1.807) is 37.5 Å². The van der Waals surface area contributed by atoms with Gasteiger partial charge in [-0.25, -0.2) is 4.79 Å². The second kappa shape index (κ2) is 5.34. The molecule has 8 nitrogen and oxygen atoms in total. The molecule has 3 N–H and O–H groups in total. The Morgan fingerprint density at radius 2 is 2.21 bits per heavy atom. The monoisotopic (exact) mass is 262 g/mol. The van der Waals surface area contributed by atoms with Crippen molar-refractivity contribution in [2.75, 3.05) is 24.7 Å². The number of nitrogens with zero attached hydrogens (tertiary/aromatic N) is 4. The molecule has 0 aliphatic carbocycles. The minimum Gasteiger partial charge on any atom is -0.454 e. The van der Waals surface area contributed by atoms with E-state index >= 15 is 0 Å². The third-order valence-electron chi connectivity index (χ3n) is 2.25. The first-order valence-electron chi connectivity index (χ1n) is 5.54. The van der Waals surface area contributed by atoms with Crippen molar-refractivity contribution in [3.05, 3.63) is 29.8 Å². The van der Waals surface area contributed by atoms with Gasteiger partial charge >= 0.3 is 5.97 Å². The van der Waals surface area contributed by atoms with Gasteiger partial charge in [0, 0.05) is 26.5 Å². The maximum absolute atomic E-state index is 11.6. The first kappa shape index (κ1) is 12.8. The van der Waals surface area contributed by atoms with Gasteiger partial charge in [0.1, 0.15) is 0 Å². The maximum atomic E-state index is 11.6. The molecule has 2 aromatic rings. The largest absolute Gasteiger partial charge is 0.454 e. The number of carbonyl (C=O) groups excluding carboxylic acids is 1. The fourth-order valence-electron chi connectivity index (χ4n) is 1.35. The van der Waals surface area contributed by atoms with Crippen molar-refractivity contribution in [3.63, 3.8) is 0 Å². The number of nitrogen functional groups attached to an aromatic ring is 1. The summed E-state index contributed by atoms with van der Waals surface area (Å²) in [7, 11) is 3.56. The van der Waals surface area contributed by atoms with Crippen LogP contribution < -0.4 is 10.6 Å². The highest BCUT2D eigenvalue weighted by Crippen LogP contribution is 2.08. The molecule has 19 heavy (non-hydrogen) atoms. The molecule has 0 saturated carbocycles. The van der Waals surface area contributed by atoms with E-state index < -0.39 is 5.97 Å². The van der Waals surface area contributed by atoms with Crippen molar-refractivity contribution in [2.24, 2.45) is 0 Å². The maximum Gasteiger partial charge on any atom is 0.340 e. The Labute approximate surface area is 109 Å². The Kier molecular flexibility index (Phi) is 3.60. The van der Waals surface area contributed by atoms with Crippen LogP contribution in [0.1, 0.15) is 16.2 Å². The van der Waals surface area contributed by atoms with E-state index in [2.05, 4.69) is 19.9 Å². The molecule has 2 rings (SSSR count). The molecule has 8 heteroatoms. The third kappa shape index (κ3) is 3.18. The second-order valence-corrected chi connectivity index (χ2v) is 3.98. The predicted molar refractivity (Wildman–Crippen MR) is 68.5 cm³/mol. The van der Waals surface area contributed by atoms with E-state index in [0.29, 0.717) is 17.3 Å². The summed E-state index contributed by atoms with van der Waals surface area (Å²) in [5.41, 5.74) is 6.00. The normalized spacial score (nSPS) is 10.2. The molecular formula is C11H14N6O2. The van der Waals surface area contributed by atoms with E-state index in [1.165, 1.54) is 0 Å². The van der Waals surface area contributed by atoms with Crippen molar-refractivity contribution in [2.45, 2.75) is 6.61 Å². The molecule has 0 atom stereocenters. The highest BCUT2D eigenvalue weighted by atomic mass is 16.5. The highest BCUT2D eigenvalue weighted by Gasteiger charge is 2.11. The zero-order valence-corrected chi connectivity index (χ0v) is 10.6. The molecule has 0 radical (unpaired) electrons. The number of nitrogens with two attached hydrogens (primary N) is 1. The third-order valence-corrected chi connectivity index (χ3v) is 2.25. The number of esters is 1. The molecule has 0 bridgehead atoms. The molecule has 0 fully saturated rings. The molecule has 100 valence electrons. The molecule has 0 spiro atoms. The minimum atomic E-state index is -0.452. The van der Waals surface area contributed by atoms with Crippen molar-refractivity contribution in [1.82, 2.24) is 19.9 Å². The first-order chi connectivity index (χ1) is 9.06. The van der Waals surface area contributed by atoms with Gasteiger partial charge in [-0.3, -0.25) is 0 Å². The van der Waals surface area contributed by atoms with Gasteiger partial charge in [0.15, 0.2) is 12.4 Å². The number of anilines is 2. The lowest BCUT2D eigenvalue weighted by Gasteiger charge is -2.11. The summed E-state index contributed by atoms with van der Waals surface area (Å²) in [6, 6.07) is 1.62. The number of aromatic amines is 1. The van der Waals surface area contributed by atoms with Gasteiger partial charge in [0.2, 0.25) is 11.9 Å². The highest BCUT2D eigenvalue weighted by molar-refractivity contribution is 5.89. The van der Waals surface area contributed by atoms with Crippen LogP contribution in [-0.4, -0.2) is 40.0 Å². The van der Waals surface area contributed by atoms with Gasteiger partial charge < -0.3 is 20.4 Å². The van der Waals surface area contributed by atoms with Crippen molar-refractivity contribution < 1.29 is 9.53 Å². The molecule has 0 aliphatic rings. The van der Waals surface area contributed by atoms with Crippen LogP contribution in [0.5, 0.6) is 0 Å². The number of ether oxygens (including phenoxy) is 1. The number of nitrogens with one attached hydrogen (secondary N) is 1. The molecule has 2 heterocycles. The zero-order valence-electron chi connectivity index (χ0n) is 10.6. The van der Waals surface area contributed by atoms with E-state index in [-0.39, 0.29) is 12.6 Å². The Hall–Kier alpha value is -2.64. The van der Waals surface area contributed by atoms with Crippen molar-refractivity contribution in [3.8, 4) is 0 Å². The van der Waals surface area contributed by atoms with Crippen LogP contribution >= 0.6 is 0 Å². The summed E-state index contributed by atoms with van der Waals surface area (Å²) in [5.74, 6) is 0.360. The number of rotatable bonds is 4. The predicted octanol–water partition coefficient (Wildman–Crippen LogP) is 0.205. The van der Waals surface area contributed by atoms with Gasteiger partial charge in [-0.05, 0) is 6.07 Å². The quantitative estimate of drug-likeness (QED) is 0.757. The van der Waals surface area contributed by atoms with Crippen LogP contribution in [0, 0.1) is 0 Å². The van der Waals surface area contributed by atoms with Crippen LogP contribution in [0.3, 0.4) is 0 Å². The number of H-pyrrole nitrogens is 1. The molecule has 0 amide bonds. The Bertz CT molecular complexity index is 567. The van der Waals surface area contributed by atoms with Crippen LogP contribution in [0.15, 0.2) is 18.5 Å². The van der Waals surface area contributed by atoms with Gasteiger partial charge in [-0.15, -0.1) is 0 Å². The lowest BCUT2D eigenvalue weighted by molar-refractivity contribution is 0.0462. The standard InChI is InChI=1S/C11H14N6O2/c1-17(2)11-15-8(14-10(12)16-11)6-19-9(18)7-3-4-13-5-7/h3-5,13H,6H2,1-2H3,(H2,12,14,15,16). The second-order valence-electron chi connectivity index (χ2n) is 3.98. The molecular weight excluding hydrogens is 248 g/mol. The fraction of sp³-hybridized carbons (Fsp3) is 0.273. The molecule has 0 aliphatic heterocycles. The average molecular weight is 262 g/mol. The molecule has 0 unspecified atom stereocenters. The van der Waals surface area contributed by atoms with Crippen LogP contribution in [0.2, 0.25) is 0 Å². The Morgan fingerprint density at radius 3 is 2.84 bits per heavy atom. The van der Waals surface area contributed by atoms with E-state index in [1.807, 2.05) is 0 Å². The van der Waals surface area contributed by atoms with Crippen LogP contribution in [0.25, 0.3) is 0 Å². The van der Waals surface area contributed by atoms with E-state index in [4.69, 9.17) is 10.5 Å². The van der Waals surface area contributed by atoms with Crippen LogP contribution in [0.4, 0.5) is 11.9 Å². The molecule has 0 saturated heterocycles. The molecule has 0 aromatic carbocycles. The van der Waals surface area contributed by atoms with Crippen molar-refractivity contribution >= 4 is 17.9 Å². The smallest absolute Gasteiger partial charge is 0.340 e. The first-order valence-corrected chi connectivity index (χ1v) is 5.54. The van der Waals surface area contributed by atoms with Gasteiger partial charge in [0.05, 0.1) is 5.56 Å². The molecule has 2 aromatic heterocycles. The zero-order chi connectivity index (χ0) is 13.8. The summed E-state index contributed by atoms with van der Waals surface area (Å²) in [5, 5.41) is 0. The summed E-state index contributed by atoms with van der Waals surface area (Å²) in [6.45, 7) is -0.0580. The minimum absolute atomic E-state index is 0.0580. The fourth-order valence-corrected chi connectivity index (χ4v) is 1.35. The Morgan fingerprint density at radius 1 is 1.42 bits per heavy atom. The van der Waals surface area contributed by atoms with Gasteiger partial charge in [-0.1, -0.05) is 0 Å². The summed E-state index contributed by atoms with van der Waals surface area (Å²) in [4.78, 5) is 28.1. The number of carbonyl (C=O) groups is 1. The SMILES string of the molecule is CN(C)c1nc(N)nc(COC(=O)c2cc[nH]c2)n1. The number of hydrogen-bond donors (Lipinski definition) is 2. The van der Waals surface area contributed by atoms with Crippen molar-refractivity contribution in [1.29, 1.82) is 0 Å². The summed E-state index contributed by atoms with van der Waals surface area (Å²) in [6.07, 6.45) is 3.19. The van der Waals surface area contributed by atoms with E-state index in [0.717, 1.165) is 0 Å². The number of hydrogen-bond acceptors (Lipinski definition) is 7. The summed E-state index contributed by atoms with van der Waals surface area (Å²) < 4.78 is 5.08. The Balaban J connectivity index is 2.05. The van der Waals surface area contributed by atoms with Crippen LogP contribution in [-0.2, 0) is 11.3 Å². The van der Waals surface area contributed by atoms with Gasteiger partial charge in [0.25, 0.3) is 0 Å².